The van der Waals surface area contributed by atoms with E-state index in [1.807, 2.05) is 19.1 Å². The minimum Gasteiger partial charge on any atom is -0.424 e. The van der Waals surface area contributed by atoms with Gasteiger partial charge in [0.1, 0.15) is 6.33 Å². The van der Waals surface area contributed by atoms with Gasteiger partial charge in [0.25, 0.3) is 0 Å². The Morgan fingerprint density at radius 2 is 2.24 bits per heavy atom. The average molecular weight is 278 g/mol. The molecular formula is C14H10N6O. The molecule has 0 atom stereocenters. The molecule has 2 aromatic heterocycles. The zero-order chi connectivity index (χ0) is 14.7. The molecule has 0 saturated heterocycles. The Kier molecular flexibility index (Phi) is 3.27. The van der Waals surface area contributed by atoms with Crippen molar-refractivity contribution in [3.05, 3.63) is 47.9 Å². The van der Waals surface area contributed by atoms with Gasteiger partial charge in [-0.05, 0) is 30.7 Å². The molecule has 3 aromatic rings. The SMILES string of the molecule is Cc1cc(C#N)cc(-c2ncn(/C=C\c3nnco3)n2)c1. The van der Waals surface area contributed by atoms with Gasteiger partial charge < -0.3 is 4.42 Å². The summed E-state index contributed by atoms with van der Waals surface area (Å²) in [4.78, 5) is 4.23. The molecule has 1 aromatic carbocycles. The third kappa shape index (κ3) is 2.84. The summed E-state index contributed by atoms with van der Waals surface area (Å²) in [6.45, 7) is 1.93. The fourth-order valence-corrected chi connectivity index (χ4v) is 1.85. The molecule has 0 radical (unpaired) electrons. The quantitative estimate of drug-likeness (QED) is 0.728. The van der Waals surface area contributed by atoms with Gasteiger partial charge in [-0.15, -0.1) is 15.3 Å². The van der Waals surface area contributed by atoms with Crippen LogP contribution in [0.2, 0.25) is 0 Å². The van der Waals surface area contributed by atoms with Crippen molar-refractivity contribution in [1.82, 2.24) is 25.0 Å². The molecule has 0 aliphatic carbocycles. The van der Waals surface area contributed by atoms with E-state index in [4.69, 9.17) is 9.68 Å². The molecule has 0 amide bonds. The van der Waals surface area contributed by atoms with Gasteiger partial charge in [0.05, 0.1) is 11.6 Å². The number of nitriles is 1. The van der Waals surface area contributed by atoms with Crippen molar-refractivity contribution in [1.29, 1.82) is 5.26 Å². The fourth-order valence-electron chi connectivity index (χ4n) is 1.85. The first-order chi connectivity index (χ1) is 10.2. The molecule has 0 saturated carbocycles. The maximum Gasteiger partial charge on any atom is 0.241 e. The number of nitrogens with zero attached hydrogens (tertiary/aromatic N) is 6. The lowest BCUT2D eigenvalue weighted by atomic mass is 10.1. The van der Waals surface area contributed by atoms with Crippen molar-refractivity contribution in [2.24, 2.45) is 0 Å². The van der Waals surface area contributed by atoms with Crippen molar-refractivity contribution in [3.63, 3.8) is 0 Å². The van der Waals surface area contributed by atoms with Gasteiger partial charge in [0, 0.05) is 17.8 Å². The average Bonchev–Trinajstić information content (AvgIpc) is 3.15. The number of hydrogen-bond donors (Lipinski definition) is 0. The normalized spacial score (nSPS) is 10.9. The third-order valence-electron chi connectivity index (χ3n) is 2.72. The van der Waals surface area contributed by atoms with Crippen molar-refractivity contribution in [2.45, 2.75) is 6.92 Å². The number of benzene rings is 1. The van der Waals surface area contributed by atoms with Gasteiger partial charge in [-0.3, -0.25) is 0 Å². The second-order valence-electron chi connectivity index (χ2n) is 4.34. The lowest BCUT2D eigenvalue weighted by molar-refractivity contribution is 0.542. The van der Waals surface area contributed by atoms with Crippen LogP contribution in [-0.4, -0.2) is 25.0 Å². The van der Waals surface area contributed by atoms with Crippen LogP contribution in [0.3, 0.4) is 0 Å². The molecule has 102 valence electrons. The molecule has 0 unspecified atom stereocenters. The van der Waals surface area contributed by atoms with Crippen LogP contribution in [0.1, 0.15) is 17.0 Å². The van der Waals surface area contributed by atoms with Crippen LogP contribution in [0, 0.1) is 18.3 Å². The minimum absolute atomic E-state index is 0.384. The van der Waals surface area contributed by atoms with Crippen molar-refractivity contribution < 1.29 is 4.42 Å². The Bertz CT molecular complexity index is 826. The summed E-state index contributed by atoms with van der Waals surface area (Å²) >= 11 is 0. The van der Waals surface area contributed by atoms with Gasteiger partial charge >= 0.3 is 0 Å². The molecule has 0 fully saturated rings. The monoisotopic (exact) mass is 278 g/mol. The fraction of sp³-hybridized carbons (Fsp3) is 0.0714. The Labute approximate surface area is 120 Å². The molecule has 0 bridgehead atoms. The smallest absolute Gasteiger partial charge is 0.241 e. The van der Waals surface area contributed by atoms with E-state index in [-0.39, 0.29) is 0 Å². The first-order valence-corrected chi connectivity index (χ1v) is 6.12. The van der Waals surface area contributed by atoms with E-state index < -0.39 is 0 Å². The molecule has 3 rings (SSSR count). The largest absolute Gasteiger partial charge is 0.424 e. The van der Waals surface area contributed by atoms with Crippen LogP contribution in [0.15, 0.2) is 35.3 Å². The second-order valence-corrected chi connectivity index (χ2v) is 4.34. The highest BCUT2D eigenvalue weighted by molar-refractivity contribution is 5.60. The summed E-state index contributed by atoms with van der Waals surface area (Å²) in [5.41, 5.74) is 2.38. The Balaban J connectivity index is 1.88. The van der Waals surface area contributed by atoms with Crippen molar-refractivity contribution in [3.8, 4) is 17.5 Å². The maximum absolute atomic E-state index is 9.00. The van der Waals surface area contributed by atoms with E-state index in [2.05, 4.69) is 26.3 Å². The molecular weight excluding hydrogens is 268 g/mol. The van der Waals surface area contributed by atoms with Gasteiger partial charge in [-0.25, -0.2) is 9.67 Å². The predicted molar refractivity (Wildman–Crippen MR) is 74.4 cm³/mol. The first-order valence-electron chi connectivity index (χ1n) is 6.12. The summed E-state index contributed by atoms with van der Waals surface area (Å²) < 4.78 is 6.52. The highest BCUT2D eigenvalue weighted by atomic mass is 16.4. The van der Waals surface area contributed by atoms with Crippen molar-refractivity contribution >= 4 is 12.3 Å². The minimum atomic E-state index is 0.384. The van der Waals surface area contributed by atoms with E-state index in [1.165, 1.54) is 11.1 Å². The summed E-state index contributed by atoms with van der Waals surface area (Å²) in [5, 5.41) is 20.6. The van der Waals surface area contributed by atoms with E-state index in [9.17, 15) is 0 Å². The number of aryl methyl sites for hydroxylation is 1. The van der Waals surface area contributed by atoms with Gasteiger partial charge in [-0.1, -0.05) is 0 Å². The third-order valence-corrected chi connectivity index (χ3v) is 2.72. The predicted octanol–water partition coefficient (Wildman–Crippen LogP) is 2.14. The molecule has 7 nitrogen and oxygen atoms in total. The van der Waals surface area contributed by atoms with E-state index in [0.29, 0.717) is 17.3 Å². The summed E-state index contributed by atoms with van der Waals surface area (Å²) in [5.74, 6) is 0.930. The molecule has 7 heteroatoms. The van der Waals surface area contributed by atoms with Gasteiger partial charge in [0.2, 0.25) is 12.3 Å². The van der Waals surface area contributed by atoms with Crippen LogP contribution in [0.4, 0.5) is 0 Å². The van der Waals surface area contributed by atoms with Crippen LogP contribution in [0.5, 0.6) is 0 Å². The Morgan fingerprint density at radius 3 is 3.00 bits per heavy atom. The number of hydrogen-bond acceptors (Lipinski definition) is 6. The zero-order valence-corrected chi connectivity index (χ0v) is 11.1. The lowest BCUT2D eigenvalue weighted by Gasteiger charge is -1.99. The lowest BCUT2D eigenvalue weighted by Crippen LogP contribution is -1.89. The number of aromatic nitrogens is 5. The Hall–Kier alpha value is -3.27. The zero-order valence-electron chi connectivity index (χ0n) is 11.1. The second kappa shape index (κ2) is 5.38. The molecule has 0 aliphatic rings. The molecule has 0 N–H and O–H groups in total. The van der Waals surface area contributed by atoms with Gasteiger partial charge in [0.15, 0.2) is 5.82 Å². The van der Waals surface area contributed by atoms with E-state index in [1.54, 1.807) is 24.7 Å². The summed E-state index contributed by atoms with van der Waals surface area (Å²) in [6, 6.07) is 7.63. The molecule has 0 aliphatic heterocycles. The standard InChI is InChI=1S/C14H10N6O/c1-10-4-11(7-15)6-12(5-10)14-16-8-20(19-14)3-2-13-18-17-9-21-13/h2-6,8-9H,1H3/b3-2-. The number of rotatable bonds is 3. The van der Waals surface area contributed by atoms with E-state index in [0.717, 1.165) is 11.1 Å². The van der Waals surface area contributed by atoms with Gasteiger partial charge in [-0.2, -0.15) is 5.26 Å². The summed E-state index contributed by atoms with van der Waals surface area (Å²) in [6.07, 6.45) is 6.10. The molecule has 21 heavy (non-hydrogen) atoms. The Morgan fingerprint density at radius 1 is 1.33 bits per heavy atom. The van der Waals surface area contributed by atoms with Crippen LogP contribution < -0.4 is 0 Å². The van der Waals surface area contributed by atoms with Crippen LogP contribution in [-0.2, 0) is 0 Å². The van der Waals surface area contributed by atoms with E-state index >= 15 is 0 Å². The van der Waals surface area contributed by atoms with Crippen molar-refractivity contribution in [2.75, 3.05) is 0 Å². The highest BCUT2D eigenvalue weighted by Crippen LogP contribution is 2.18. The summed E-state index contributed by atoms with van der Waals surface area (Å²) in [7, 11) is 0. The molecule has 2 heterocycles. The topological polar surface area (TPSA) is 93.4 Å². The van der Waals surface area contributed by atoms with Crippen LogP contribution >= 0.6 is 0 Å². The van der Waals surface area contributed by atoms with Crippen LogP contribution in [0.25, 0.3) is 23.7 Å². The highest BCUT2D eigenvalue weighted by Gasteiger charge is 2.06. The first kappa shape index (κ1) is 12.7. The molecule has 0 spiro atoms. The maximum atomic E-state index is 9.00.